The van der Waals surface area contributed by atoms with E-state index in [0.717, 1.165) is 12.1 Å². The number of alkyl halides is 3. The molecule has 5 heteroatoms. The summed E-state index contributed by atoms with van der Waals surface area (Å²) < 4.78 is 37.7. The second-order valence-corrected chi connectivity index (χ2v) is 5.36. The van der Waals surface area contributed by atoms with Crippen molar-refractivity contribution in [2.75, 3.05) is 18.0 Å². The Hall–Kier alpha value is -1.23. The van der Waals surface area contributed by atoms with Crippen LogP contribution in [0.15, 0.2) is 24.3 Å². The molecule has 0 spiro atoms. The van der Waals surface area contributed by atoms with Gasteiger partial charge in [-0.15, -0.1) is 0 Å². The van der Waals surface area contributed by atoms with Gasteiger partial charge in [0.15, 0.2) is 0 Å². The third-order valence-corrected chi connectivity index (χ3v) is 3.34. The molecular formula is C15H21F3N2. The molecule has 0 saturated heterocycles. The molecule has 1 aliphatic rings. The van der Waals surface area contributed by atoms with Crippen molar-refractivity contribution in [3.05, 3.63) is 29.8 Å². The van der Waals surface area contributed by atoms with Gasteiger partial charge in [0.2, 0.25) is 0 Å². The van der Waals surface area contributed by atoms with Gasteiger partial charge in [0.1, 0.15) is 6.54 Å². The minimum absolute atomic E-state index is 0.416. The summed E-state index contributed by atoms with van der Waals surface area (Å²) in [5, 5.41) is 3.39. The molecule has 0 atom stereocenters. The summed E-state index contributed by atoms with van der Waals surface area (Å²) in [6, 6.07) is 8.01. The van der Waals surface area contributed by atoms with Crippen LogP contribution in [0.4, 0.5) is 18.9 Å². The number of rotatable bonds is 7. The first kappa shape index (κ1) is 15.2. The fourth-order valence-corrected chi connectivity index (χ4v) is 2.16. The molecule has 2 rings (SSSR count). The van der Waals surface area contributed by atoms with Crippen LogP contribution in [-0.4, -0.2) is 25.3 Å². The maximum absolute atomic E-state index is 12.6. The first-order valence-corrected chi connectivity index (χ1v) is 7.12. The highest BCUT2D eigenvalue weighted by molar-refractivity contribution is 5.47. The molecule has 1 aliphatic carbocycles. The molecule has 1 aromatic carbocycles. The second-order valence-electron chi connectivity index (χ2n) is 5.36. The Bertz CT molecular complexity index is 410. The molecule has 0 amide bonds. The van der Waals surface area contributed by atoms with E-state index in [9.17, 15) is 13.2 Å². The van der Waals surface area contributed by atoms with E-state index in [0.29, 0.717) is 24.7 Å². The predicted octanol–water partition coefficient (Wildman–Crippen LogP) is 3.72. The third kappa shape index (κ3) is 5.04. The largest absolute Gasteiger partial charge is 0.405 e. The average Bonchev–Trinajstić information content (AvgIpc) is 3.19. The molecule has 0 heterocycles. The van der Waals surface area contributed by atoms with E-state index in [-0.39, 0.29) is 0 Å². The van der Waals surface area contributed by atoms with E-state index >= 15 is 0 Å². The van der Waals surface area contributed by atoms with Crippen LogP contribution in [-0.2, 0) is 6.54 Å². The Labute approximate surface area is 118 Å². The van der Waals surface area contributed by atoms with Gasteiger partial charge in [-0.3, -0.25) is 0 Å². The number of halogens is 3. The summed E-state index contributed by atoms with van der Waals surface area (Å²) in [6.45, 7) is 2.20. The van der Waals surface area contributed by atoms with Crippen LogP contribution in [0.3, 0.4) is 0 Å². The van der Waals surface area contributed by atoms with Crippen molar-refractivity contribution in [2.24, 2.45) is 0 Å². The molecule has 1 fully saturated rings. The average molecular weight is 286 g/mol. The van der Waals surface area contributed by atoms with Crippen LogP contribution in [0.25, 0.3) is 0 Å². The number of nitrogens with one attached hydrogen (secondary N) is 1. The van der Waals surface area contributed by atoms with E-state index in [4.69, 9.17) is 0 Å². The van der Waals surface area contributed by atoms with Crippen LogP contribution in [0.2, 0.25) is 0 Å². The normalized spacial score (nSPS) is 15.4. The number of hydrogen-bond donors (Lipinski definition) is 1. The van der Waals surface area contributed by atoms with Crippen LogP contribution < -0.4 is 10.2 Å². The molecule has 0 aromatic heterocycles. The van der Waals surface area contributed by atoms with E-state index in [1.165, 1.54) is 17.7 Å². The maximum atomic E-state index is 12.6. The summed E-state index contributed by atoms with van der Waals surface area (Å²) in [5.41, 5.74) is 1.75. The van der Waals surface area contributed by atoms with Gasteiger partial charge >= 0.3 is 6.18 Å². The van der Waals surface area contributed by atoms with Crippen LogP contribution >= 0.6 is 0 Å². The highest BCUT2D eigenvalue weighted by atomic mass is 19.4. The van der Waals surface area contributed by atoms with Gasteiger partial charge in [0, 0.05) is 24.8 Å². The SMILES string of the molecule is CCCN(CC(F)(F)F)c1ccc(CNC2CC2)cc1. The fraction of sp³-hybridized carbons (Fsp3) is 0.600. The Kier molecular flexibility index (Phi) is 4.91. The molecule has 0 radical (unpaired) electrons. The van der Waals surface area contributed by atoms with E-state index in [2.05, 4.69) is 5.32 Å². The summed E-state index contributed by atoms with van der Waals surface area (Å²) in [7, 11) is 0. The molecule has 1 aromatic rings. The lowest BCUT2D eigenvalue weighted by atomic mass is 10.2. The van der Waals surface area contributed by atoms with Crippen LogP contribution in [0.5, 0.6) is 0 Å². The van der Waals surface area contributed by atoms with Crippen LogP contribution in [0, 0.1) is 0 Å². The standard InChI is InChI=1S/C15H21F3N2/c1-2-9-20(11-15(16,17)18)14-7-3-12(4-8-14)10-19-13-5-6-13/h3-4,7-8,13,19H,2,5-6,9-11H2,1H3. The predicted molar refractivity (Wildman–Crippen MR) is 74.9 cm³/mol. The molecule has 0 bridgehead atoms. The number of benzene rings is 1. The molecular weight excluding hydrogens is 265 g/mol. The number of nitrogens with zero attached hydrogens (tertiary/aromatic N) is 1. The van der Waals surface area contributed by atoms with Crippen molar-refractivity contribution in [3.8, 4) is 0 Å². The van der Waals surface area contributed by atoms with Crippen LogP contribution in [0.1, 0.15) is 31.7 Å². The molecule has 20 heavy (non-hydrogen) atoms. The maximum Gasteiger partial charge on any atom is 0.405 e. The Morgan fingerprint density at radius 2 is 1.85 bits per heavy atom. The summed E-state index contributed by atoms with van der Waals surface area (Å²) in [6.07, 6.45) is -1.01. The first-order valence-electron chi connectivity index (χ1n) is 7.12. The van der Waals surface area contributed by atoms with Gasteiger partial charge in [0.05, 0.1) is 0 Å². The van der Waals surface area contributed by atoms with Gasteiger partial charge in [-0.25, -0.2) is 0 Å². The minimum atomic E-state index is -4.17. The van der Waals surface area contributed by atoms with Crippen molar-refractivity contribution >= 4 is 5.69 Å². The van der Waals surface area contributed by atoms with Gasteiger partial charge in [-0.05, 0) is 37.0 Å². The molecule has 1 saturated carbocycles. The molecule has 1 N–H and O–H groups in total. The van der Waals surface area contributed by atoms with Crippen molar-refractivity contribution in [3.63, 3.8) is 0 Å². The highest BCUT2D eigenvalue weighted by Crippen LogP contribution is 2.23. The highest BCUT2D eigenvalue weighted by Gasteiger charge is 2.30. The summed E-state index contributed by atoms with van der Waals surface area (Å²) >= 11 is 0. The second kappa shape index (κ2) is 6.48. The van der Waals surface area contributed by atoms with E-state index < -0.39 is 12.7 Å². The number of hydrogen-bond acceptors (Lipinski definition) is 2. The van der Waals surface area contributed by atoms with Crippen molar-refractivity contribution in [1.82, 2.24) is 5.32 Å². The van der Waals surface area contributed by atoms with Gasteiger partial charge < -0.3 is 10.2 Å². The molecule has 0 aliphatic heterocycles. The monoisotopic (exact) mass is 286 g/mol. The first-order chi connectivity index (χ1) is 9.48. The molecule has 112 valence electrons. The van der Waals surface area contributed by atoms with Gasteiger partial charge in [-0.2, -0.15) is 13.2 Å². The summed E-state index contributed by atoms with van der Waals surface area (Å²) in [5.74, 6) is 0. The topological polar surface area (TPSA) is 15.3 Å². The quantitative estimate of drug-likeness (QED) is 0.822. The lowest BCUT2D eigenvalue weighted by Crippen LogP contribution is -2.34. The zero-order valence-corrected chi connectivity index (χ0v) is 11.7. The van der Waals surface area contributed by atoms with Crippen molar-refractivity contribution in [2.45, 2.75) is 44.9 Å². The molecule has 2 nitrogen and oxygen atoms in total. The number of anilines is 1. The summed E-state index contributed by atoms with van der Waals surface area (Å²) in [4.78, 5) is 1.39. The van der Waals surface area contributed by atoms with E-state index in [1.807, 2.05) is 19.1 Å². The lowest BCUT2D eigenvalue weighted by Gasteiger charge is -2.25. The zero-order valence-electron chi connectivity index (χ0n) is 11.7. The van der Waals surface area contributed by atoms with Gasteiger partial charge in [0.25, 0.3) is 0 Å². The smallest absolute Gasteiger partial charge is 0.363 e. The lowest BCUT2D eigenvalue weighted by molar-refractivity contribution is -0.119. The Balaban J connectivity index is 1.96. The fourth-order valence-electron chi connectivity index (χ4n) is 2.16. The zero-order chi connectivity index (χ0) is 14.6. The minimum Gasteiger partial charge on any atom is -0.363 e. The Morgan fingerprint density at radius 3 is 2.35 bits per heavy atom. The molecule has 0 unspecified atom stereocenters. The Morgan fingerprint density at radius 1 is 1.20 bits per heavy atom. The third-order valence-electron chi connectivity index (χ3n) is 3.34. The van der Waals surface area contributed by atoms with Crippen molar-refractivity contribution in [1.29, 1.82) is 0 Å². The van der Waals surface area contributed by atoms with E-state index in [1.54, 1.807) is 12.1 Å². The van der Waals surface area contributed by atoms with Crippen molar-refractivity contribution < 1.29 is 13.2 Å². The van der Waals surface area contributed by atoms with Gasteiger partial charge in [-0.1, -0.05) is 19.1 Å².